The summed E-state index contributed by atoms with van der Waals surface area (Å²) in [5.41, 5.74) is 5.99. The second-order valence-electron chi connectivity index (χ2n) is 8.44. The number of aryl methyl sites for hydroxylation is 4. The van der Waals surface area contributed by atoms with Crippen molar-refractivity contribution in [1.29, 1.82) is 0 Å². The minimum Gasteiger partial charge on any atom is -1.00 e. The molecule has 0 aromatic heterocycles. The number of nitrogens with one attached hydrogen (secondary N) is 2. The quantitative estimate of drug-likeness (QED) is 0.676. The zero-order chi connectivity index (χ0) is 21.0. The van der Waals surface area contributed by atoms with Crippen molar-refractivity contribution < 1.29 is 26.5 Å². The first-order valence-electron chi connectivity index (χ1n) is 10.4. The fourth-order valence-electron chi connectivity index (χ4n) is 4.37. The molecule has 0 bridgehead atoms. The van der Waals surface area contributed by atoms with Crippen molar-refractivity contribution in [2.24, 2.45) is 0 Å². The second kappa shape index (κ2) is 10.1. The van der Waals surface area contributed by atoms with E-state index in [1.54, 1.807) is 0 Å². The zero-order valence-electron chi connectivity index (χ0n) is 18.3. The van der Waals surface area contributed by atoms with Crippen molar-refractivity contribution in [3.8, 4) is 0 Å². The third kappa shape index (κ3) is 5.61. The van der Waals surface area contributed by atoms with Gasteiger partial charge in [-0.2, -0.15) is 0 Å². The molecule has 5 nitrogen and oxygen atoms in total. The Morgan fingerprint density at radius 1 is 0.733 bits per heavy atom. The zero-order valence-corrected chi connectivity index (χ0v) is 19.1. The number of anilines is 2. The van der Waals surface area contributed by atoms with Gasteiger partial charge in [0.25, 0.3) is 11.8 Å². The van der Waals surface area contributed by atoms with Crippen molar-refractivity contribution in [2.75, 3.05) is 36.8 Å². The third-order valence-electron chi connectivity index (χ3n) is 5.96. The summed E-state index contributed by atoms with van der Waals surface area (Å²) in [6.07, 6.45) is 2.10. The average molecular weight is 430 g/mol. The van der Waals surface area contributed by atoms with Crippen molar-refractivity contribution in [3.05, 3.63) is 58.7 Å². The topological polar surface area (TPSA) is 58.2 Å². The van der Waals surface area contributed by atoms with E-state index >= 15 is 0 Å². The molecule has 2 N–H and O–H groups in total. The summed E-state index contributed by atoms with van der Waals surface area (Å²) < 4.78 is 0.521. The lowest BCUT2D eigenvalue weighted by Gasteiger charge is -2.33. The van der Waals surface area contributed by atoms with Gasteiger partial charge in [0.15, 0.2) is 13.1 Å². The Hall–Kier alpha value is -2.37. The predicted octanol–water partition coefficient (Wildman–Crippen LogP) is 1.11. The largest absolute Gasteiger partial charge is 1.00 e. The number of para-hydroxylation sites is 2. The van der Waals surface area contributed by atoms with Gasteiger partial charge in [-0.1, -0.05) is 36.4 Å². The van der Waals surface area contributed by atoms with Crippen molar-refractivity contribution in [1.82, 2.24) is 0 Å². The van der Waals surface area contributed by atoms with E-state index in [1.807, 2.05) is 64.1 Å². The molecule has 0 unspecified atom stereocenters. The molecular weight excluding hydrogens is 398 g/mol. The van der Waals surface area contributed by atoms with Crippen LogP contribution in [0.5, 0.6) is 0 Å². The standard InChI is InChI=1S/C24H31N3O2.ClH/c1-17-9-7-10-18(2)23(17)25-21(28)15-27(13-5-6-14-27)16-22(29)26-24-19(3)11-8-12-20(24)4;/h7-12H,5-6,13-16H2,1-4H3,(H-,25,26,28,29);1H. The number of carbonyl (C=O) groups is 2. The average Bonchev–Trinajstić information content (AvgIpc) is 3.09. The van der Waals surface area contributed by atoms with E-state index in [0.717, 1.165) is 59.6 Å². The SMILES string of the molecule is Cc1cccc(C)c1NC(=O)C[N+]1(CC(=O)Nc2c(C)cccc2C)CCCC1.[Cl-]. The summed E-state index contributed by atoms with van der Waals surface area (Å²) in [7, 11) is 0. The second-order valence-corrected chi connectivity index (χ2v) is 8.44. The van der Waals surface area contributed by atoms with Crippen LogP contribution in [0.3, 0.4) is 0 Å². The first-order chi connectivity index (χ1) is 13.8. The number of carbonyl (C=O) groups excluding carboxylic acids is 2. The molecule has 3 rings (SSSR count). The Kier molecular flexibility index (Phi) is 8.04. The Morgan fingerprint density at radius 2 is 1.07 bits per heavy atom. The molecule has 1 heterocycles. The molecule has 0 saturated carbocycles. The highest BCUT2D eigenvalue weighted by Gasteiger charge is 2.36. The van der Waals surface area contributed by atoms with Gasteiger partial charge in [0.05, 0.1) is 13.1 Å². The molecule has 6 heteroatoms. The van der Waals surface area contributed by atoms with E-state index in [1.165, 1.54) is 0 Å². The van der Waals surface area contributed by atoms with Gasteiger partial charge < -0.3 is 27.5 Å². The van der Waals surface area contributed by atoms with Crippen LogP contribution in [0.25, 0.3) is 0 Å². The highest BCUT2D eigenvalue weighted by Crippen LogP contribution is 2.24. The number of hydrogen-bond donors (Lipinski definition) is 2. The van der Waals surface area contributed by atoms with E-state index in [-0.39, 0.29) is 24.2 Å². The monoisotopic (exact) mass is 429 g/mol. The number of nitrogens with zero attached hydrogens (tertiary/aromatic N) is 1. The van der Waals surface area contributed by atoms with E-state index in [2.05, 4.69) is 10.6 Å². The molecule has 2 aromatic rings. The normalized spacial score (nSPS) is 14.7. The number of quaternary nitrogens is 1. The molecule has 0 radical (unpaired) electrons. The molecule has 2 amide bonds. The summed E-state index contributed by atoms with van der Waals surface area (Å²) in [6, 6.07) is 12.0. The van der Waals surface area contributed by atoms with Crippen molar-refractivity contribution in [2.45, 2.75) is 40.5 Å². The summed E-state index contributed by atoms with van der Waals surface area (Å²) in [6.45, 7) is 10.4. The number of rotatable bonds is 6. The van der Waals surface area contributed by atoms with Crippen LogP contribution in [0.4, 0.5) is 11.4 Å². The highest BCUT2D eigenvalue weighted by atomic mass is 35.5. The maximum Gasteiger partial charge on any atom is 0.279 e. The predicted molar refractivity (Wildman–Crippen MR) is 118 cm³/mol. The maximum atomic E-state index is 12.9. The van der Waals surface area contributed by atoms with Crippen LogP contribution in [-0.2, 0) is 9.59 Å². The summed E-state index contributed by atoms with van der Waals surface area (Å²) in [5, 5.41) is 6.17. The number of benzene rings is 2. The van der Waals surface area contributed by atoms with Gasteiger partial charge in [-0.05, 0) is 49.9 Å². The van der Waals surface area contributed by atoms with Crippen molar-refractivity contribution in [3.63, 3.8) is 0 Å². The molecule has 0 spiro atoms. The molecule has 1 fully saturated rings. The fourth-order valence-corrected chi connectivity index (χ4v) is 4.37. The van der Waals surface area contributed by atoms with Crippen LogP contribution >= 0.6 is 0 Å². The lowest BCUT2D eigenvalue weighted by atomic mass is 10.1. The van der Waals surface area contributed by atoms with Crippen molar-refractivity contribution >= 4 is 23.2 Å². The number of amides is 2. The Bertz CT molecular complexity index is 811. The molecule has 1 saturated heterocycles. The van der Waals surface area contributed by atoms with Crippen LogP contribution < -0.4 is 23.0 Å². The lowest BCUT2D eigenvalue weighted by molar-refractivity contribution is -0.901. The first kappa shape index (κ1) is 23.9. The molecule has 2 aromatic carbocycles. The van der Waals surface area contributed by atoms with Gasteiger partial charge in [0.1, 0.15) is 0 Å². The van der Waals surface area contributed by atoms with E-state index in [4.69, 9.17) is 0 Å². The molecule has 0 aliphatic carbocycles. The minimum atomic E-state index is -0.0239. The fraction of sp³-hybridized carbons (Fsp3) is 0.417. The third-order valence-corrected chi connectivity index (χ3v) is 5.96. The van der Waals surface area contributed by atoms with Gasteiger partial charge in [-0.15, -0.1) is 0 Å². The summed E-state index contributed by atoms with van der Waals surface area (Å²) in [5.74, 6) is -0.0478. The van der Waals surface area contributed by atoms with Crippen LogP contribution in [0.1, 0.15) is 35.1 Å². The Labute approximate surface area is 185 Å². The minimum absolute atomic E-state index is 0. The molecular formula is C24H32ClN3O2. The molecule has 1 aliphatic rings. The van der Waals surface area contributed by atoms with Crippen LogP contribution in [0.15, 0.2) is 36.4 Å². The molecule has 0 atom stereocenters. The van der Waals surface area contributed by atoms with E-state index in [9.17, 15) is 9.59 Å². The molecule has 162 valence electrons. The van der Waals surface area contributed by atoms with Crippen LogP contribution in [0.2, 0.25) is 0 Å². The number of likely N-dealkylation sites (tertiary alicyclic amines) is 1. The van der Waals surface area contributed by atoms with Gasteiger partial charge >= 0.3 is 0 Å². The van der Waals surface area contributed by atoms with Gasteiger partial charge in [-0.3, -0.25) is 9.59 Å². The smallest absolute Gasteiger partial charge is 0.279 e. The molecule has 30 heavy (non-hydrogen) atoms. The lowest BCUT2D eigenvalue weighted by Crippen LogP contribution is -3.00. The van der Waals surface area contributed by atoms with E-state index < -0.39 is 0 Å². The summed E-state index contributed by atoms with van der Waals surface area (Å²) >= 11 is 0. The van der Waals surface area contributed by atoms with Gasteiger partial charge in [0.2, 0.25) is 0 Å². The first-order valence-corrected chi connectivity index (χ1v) is 10.4. The van der Waals surface area contributed by atoms with E-state index in [0.29, 0.717) is 17.6 Å². The Morgan fingerprint density at radius 3 is 1.40 bits per heavy atom. The maximum absolute atomic E-state index is 12.9. The number of halogens is 1. The Balaban J connectivity index is 0.00000320. The van der Waals surface area contributed by atoms with Gasteiger partial charge in [-0.25, -0.2) is 0 Å². The number of hydrogen-bond acceptors (Lipinski definition) is 2. The highest BCUT2D eigenvalue weighted by molar-refractivity contribution is 5.95. The van der Waals surface area contributed by atoms with Crippen LogP contribution in [0, 0.1) is 27.7 Å². The molecule has 1 aliphatic heterocycles. The van der Waals surface area contributed by atoms with Gasteiger partial charge in [0, 0.05) is 24.2 Å². The van der Waals surface area contributed by atoms with Crippen LogP contribution in [-0.4, -0.2) is 42.5 Å². The summed E-state index contributed by atoms with van der Waals surface area (Å²) in [4.78, 5) is 25.7.